The summed E-state index contributed by atoms with van der Waals surface area (Å²) < 4.78 is 5.49. The van der Waals surface area contributed by atoms with E-state index in [-0.39, 0.29) is 17.1 Å². The number of H-pyrrole nitrogens is 1. The van der Waals surface area contributed by atoms with Crippen LogP contribution in [0.2, 0.25) is 0 Å². The molecule has 0 atom stereocenters. The number of fused-ring (bicyclic) bond motifs is 1. The summed E-state index contributed by atoms with van der Waals surface area (Å²) in [4.78, 5) is 29.7. The summed E-state index contributed by atoms with van der Waals surface area (Å²) in [6, 6.07) is 11.1. The molecule has 0 radical (unpaired) electrons. The lowest BCUT2D eigenvalue weighted by atomic mass is 10.1. The predicted molar refractivity (Wildman–Crippen MR) is 85.6 cm³/mol. The molecular formula is C16H13N3O4. The van der Waals surface area contributed by atoms with E-state index >= 15 is 0 Å². The molecule has 3 aromatic rings. The van der Waals surface area contributed by atoms with Gasteiger partial charge < -0.3 is 9.72 Å². The fraction of sp³-hybridized carbons (Fsp3) is 0.125. The van der Waals surface area contributed by atoms with Gasteiger partial charge in [0.2, 0.25) is 0 Å². The van der Waals surface area contributed by atoms with Crippen molar-refractivity contribution in [3.8, 4) is 17.1 Å². The van der Waals surface area contributed by atoms with Crippen LogP contribution in [0.5, 0.6) is 5.75 Å². The van der Waals surface area contributed by atoms with Crippen LogP contribution in [0.15, 0.2) is 47.3 Å². The highest BCUT2D eigenvalue weighted by atomic mass is 16.6. The number of aromatic amines is 1. The van der Waals surface area contributed by atoms with E-state index in [9.17, 15) is 14.9 Å². The third kappa shape index (κ3) is 2.76. The van der Waals surface area contributed by atoms with Gasteiger partial charge in [0.15, 0.2) is 0 Å². The number of benzene rings is 2. The standard InChI is InChI=1S/C16H13N3O4/c1-2-23-14-8-7-10(19(21)22)9-12(14)15-17-13-6-4-3-5-11(13)16(20)18-15/h3-9H,2H2,1H3,(H,17,18,20). The molecule has 0 spiro atoms. The lowest BCUT2D eigenvalue weighted by Gasteiger charge is -2.10. The van der Waals surface area contributed by atoms with Gasteiger partial charge in [0, 0.05) is 12.1 Å². The molecular weight excluding hydrogens is 298 g/mol. The fourth-order valence-corrected chi connectivity index (χ4v) is 2.31. The highest BCUT2D eigenvalue weighted by molar-refractivity contribution is 5.80. The molecule has 0 aliphatic heterocycles. The van der Waals surface area contributed by atoms with E-state index in [1.54, 1.807) is 24.3 Å². The second-order valence-corrected chi connectivity index (χ2v) is 4.80. The molecule has 1 aromatic heterocycles. The van der Waals surface area contributed by atoms with Crippen molar-refractivity contribution in [1.29, 1.82) is 0 Å². The first-order chi connectivity index (χ1) is 11.1. The maximum atomic E-state index is 12.2. The monoisotopic (exact) mass is 311 g/mol. The minimum absolute atomic E-state index is 0.0979. The molecule has 0 bridgehead atoms. The Labute approximate surface area is 130 Å². The Hall–Kier alpha value is -3.22. The van der Waals surface area contributed by atoms with Crippen LogP contribution in [-0.2, 0) is 0 Å². The predicted octanol–water partition coefficient (Wildman–Crippen LogP) is 2.90. The molecule has 0 fully saturated rings. The van der Waals surface area contributed by atoms with Crippen LogP contribution in [0.1, 0.15) is 6.92 Å². The zero-order valence-corrected chi connectivity index (χ0v) is 12.3. The summed E-state index contributed by atoms with van der Waals surface area (Å²) in [5.41, 5.74) is 0.489. The number of hydrogen-bond donors (Lipinski definition) is 1. The average molecular weight is 311 g/mol. The van der Waals surface area contributed by atoms with Crippen LogP contribution in [0.3, 0.4) is 0 Å². The van der Waals surface area contributed by atoms with Gasteiger partial charge in [-0.3, -0.25) is 14.9 Å². The van der Waals surface area contributed by atoms with E-state index in [0.29, 0.717) is 28.8 Å². The van der Waals surface area contributed by atoms with Gasteiger partial charge in [-0.2, -0.15) is 0 Å². The molecule has 2 aromatic carbocycles. The molecule has 3 rings (SSSR count). The molecule has 116 valence electrons. The second kappa shape index (κ2) is 5.88. The third-order valence-electron chi connectivity index (χ3n) is 3.34. The van der Waals surface area contributed by atoms with E-state index in [0.717, 1.165) is 0 Å². The van der Waals surface area contributed by atoms with Gasteiger partial charge in [0.25, 0.3) is 11.2 Å². The number of ether oxygens (including phenoxy) is 1. The van der Waals surface area contributed by atoms with Crippen molar-refractivity contribution in [2.75, 3.05) is 6.61 Å². The van der Waals surface area contributed by atoms with Gasteiger partial charge >= 0.3 is 0 Å². The molecule has 7 nitrogen and oxygen atoms in total. The lowest BCUT2D eigenvalue weighted by Crippen LogP contribution is -2.10. The van der Waals surface area contributed by atoms with Gasteiger partial charge in [0.1, 0.15) is 11.6 Å². The summed E-state index contributed by atoms with van der Waals surface area (Å²) in [7, 11) is 0. The van der Waals surface area contributed by atoms with Crippen LogP contribution >= 0.6 is 0 Å². The Morgan fingerprint density at radius 1 is 1.26 bits per heavy atom. The summed E-state index contributed by atoms with van der Waals surface area (Å²) in [5, 5.41) is 11.5. The molecule has 0 unspecified atom stereocenters. The Bertz CT molecular complexity index is 949. The number of hydrogen-bond acceptors (Lipinski definition) is 5. The number of aromatic nitrogens is 2. The third-order valence-corrected chi connectivity index (χ3v) is 3.34. The summed E-state index contributed by atoms with van der Waals surface area (Å²) in [6.07, 6.45) is 0. The van der Waals surface area contributed by atoms with E-state index < -0.39 is 4.92 Å². The molecule has 1 heterocycles. The number of nitrogens with zero attached hydrogens (tertiary/aromatic N) is 2. The highest BCUT2D eigenvalue weighted by Gasteiger charge is 2.16. The van der Waals surface area contributed by atoms with Gasteiger partial charge in [-0.1, -0.05) is 12.1 Å². The molecule has 7 heteroatoms. The molecule has 0 saturated carbocycles. The number of nitrogens with one attached hydrogen (secondary N) is 1. The number of non-ortho nitro benzene ring substituents is 1. The first kappa shape index (κ1) is 14.7. The van der Waals surface area contributed by atoms with Crippen molar-refractivity contribution in [2.45, 2.75) is 6.92 Å². The zero-order chi connectivity index (χ0) is 16.4. The average Bonchev–Trinajstić information content (AvgIpc) is 2.55. The Balaban J connectivity index is 2.26. The molecule has 0 amide bonds. The molecule has 1 N–H and O–H groups in total. The van der Waals surface area contributed by atoms with Crippen molar-refractivity contribution in [3.63, 3.8) is 0 Å². The summed E-state index contributed by atoms with van der Waals surface area (Å²) in [5.74, 6) is 0.664. The van der Waals surface area contributed by atoms with Crippen LogP contribution in [0.25, 0.3) is 22.3 Å². The number of para-hydroxylation sites is 1. The number of nitro benzene ring substituents is 1. The van der Waals surface area contributed by atoms with Crippen LogP contribution in [0.4, 0.5) is 5.69 Å². The van der Waals surface area contributed by atoms with Gasteiger partial charge in [-0.15, -0.1) is 0 Å². The first-order valence-corrected chi connectivity index (χ1v) is 7.01. The van der Waals surface area contributed by atoms with E-state index in [4.69, 9.17) is 4.74 Å². The van der Waals surface area contributed by atoms with Crippen LogP contribution in [-0.4, -0.2) is 21.5 Å². The van der Waals surface area contributed by atoms with E-state index in [1.807, 2.05) is 6.92 Å². The number of rotatable bonds is 4. The fourth-order valence-electron chi connectivity index (χ4n) is 2.31. The number of nitro groups is 1. The van der Waals surface area contributed by atoms with Crippen molar-refractivity contribution >= 4 is 16.6 Å². The van der Waals surface area contributed by atoms with Crippen molar-refractivity contribution in [1.82, 2.24) is 9.97 Å². The van der Waals surface area contributed by atoms with E-state index in [1.165, 1.54) is 18.2 Å². The molecule has 0 aliphatic rings. The Morgan fingerprint density at radius 3 is 2.78 bits per heavy atom. The first-order valence-electron chi connectivity index (χ1n) is 7.01. The highest BCUT2D eigenvalue weighted by Crippen LogP contribution is 2.31. The van der Waals surface area contributed by atoms with Crippen molar-refractivity contribution < 1.29 is 9.66 Å². The van der Waals surface area contributed by atoms with Crippen LogP contribution < -0.4 is 10.3 Å². The maximum absolute atomic E-state index is 12.2. The summed E-state index contributed by atoms with van der Waals surface area (Å²) >= 11 is 0. The Kier molecular flexibility index (Phi) is 3.76. The van der Waals surface area contributed by atoms with E-state index in [2.05, 4.69) is 9.97 Å². The lowest BCUT2D eigenvalue weighted by molar-refractivity contribution is -0.384. The zero-order valence-electron chi connectivity index (χ0n) is 12.3. The van der Waals surface area contributed by atoms with Crippen molar-refractivity contribution in [3.05, 3.63) is 62.9 Å². The minimum Gasteiger partial charge on any atom is -0.493 e. The largest absolute Gasteiger partial charge is 0.493 e. The second-order valence-electron chi connectivity index (χ2n) is 4.80. The van der Waals surface area contributed by atoms with Gasteiger partial charge in [0.05, 0.1) is 28.0 Å². The minimum atomic E-state index is -0.502. The summed E-state index contributed by atoms with van der Waals surface area (Å²) in [6.45, 7) is 2.20. The normalized spacial score (nSPS) is 10.7. The molecule has 0 aliphatic carbocycles. The van der Waals surface area contributed by atoms with Crippen molar-refractivity contribution in [2.24, 2.45) is 0 Å². The smallest absolute Gasteiger partial charge is 0.270 e. The quantitative estimate of drug-likeness (QED) is 0.590. The Morgan fingerprint density at radius 2 is 2.04 bits per heavy atom. The maximum Gasteiger partial charge on any atom is 0.270 e. The van der Waals surface area contributed by atoms with Gasteiger partial charge in [-0.25, -0.2) is 4.98 Å². The van der Waals surface area contributed by atoms with Crippen LogP contribution in [0, 0.1) is 10.1 Å². The SMILES string of the molecule is CCOc1ccc([N+](=O)[O-])cc1-c1nc2ccccc2c(=O)[nH]1. The molecule has 0 saturated heterocycles. The van der Waals surface area contributed by atoms with Gasteiger partial charge in [-0.05, 0) is 25.1 Å². The topological polar surface area (TPSA) is 98.1 Å². The molecule has 23 heavy (non-hydrogen) atoms.